The van der Waals surface area contributed by atoms with E-state index in [0.29, 0.717) is 6.04 Å². The summed E-state index contributed by atoms with van der Waals surface area (Å²) >= 11 is 0. The van der Waals surface area contributed by atoms with Gasteiger partial charge in [0.25, 0.3) is 0 Å². The first-order valence-corrected chi connectivity index (χ1v) is 7.10. The summed E-state index contributed by atoms with van der Waals surface area (Å²) in [5.41, 5.74) is 0. The van der Waals surface area contributed by atoms with Crippen molar-refractivity contribution in [2.24, 2.45) is 5.92 Å². The van der Waals surface area contributed by atoms with E-state index in [-0.39, 0.29) is 11.9 Å². The Bertz CT molecular complexity index is 242. The van der Waals surface area contributed by atoms with Gasteiger partial charge in [0, 0.05) is 12.6 Å². The summed E-state index contributed by atoms with van der Waals surface area (Å²) in [4.78, 5) is 0. The number of hydrogen-bond acceptors (Lipinski definition) is 3. The summed E-state index contributed by atoms with van der Waals surface area (Å²) in [7, 11) is 0. The van der Waals surface area contributed by atoms with Gasteiger partial charge in [-0.15, -0.1) is 0 Å². The van der Waals surface area contributed by atoms with Gasteiger partial charge in [0.15, 0.2) is 5.79 Å². The predicted molar refractivity (Wildman–Crippen MR) is 68.9 cm³/mol. The summed E-state index contributed by atoms with van der Waals surface area (Å²) in [5, 5.41) is 3.66. The molecule has 100 valence electrons. The largest absolute Gasteiger partial charge is 0.348 e. The SMILES string of the molecule is CC1CCCC(NCC2COC(C)(C)O2)CC1. The minimum atomic E-state index is -0.385. The summed E-state index contributed by atoms with van der Waals surface area (Å²) in [6.45, 7) is 8.01. The molecule has 0 aromatic rings. The van der Waals surface area contributed by atoms with Gasteiger partial charge in [-0.05, 0) is 39.0 Å². The highest BCUT2D eigenvalue weighted by Gasteiger charge is 2.32. The van der Waals surface area contributed by atoms with Gasteiger partial charge < -0.3 is 14.8 Å². The molecule has 1 aliphatic carbocycles. The second kappa shape index (κ2) is 5.68. The first-order chi connectivity index (χ1) is 8.05. The smallest absolute Gasteiger partial charge is 0.163 e. The quantitative estimate of drug-likeness (QED) is 0.771. The summed E-state index contributed by atoms with van der Waals surface area (Å²) in [6.07, 6.45) is 7.00. The molecular weight excluding hydrogens is 214 g/mol. The zero-order valence-corrected chi connectivity index (χ0v) is 11.5. The first kappa shape index (κ1) is 13.3. The number of rotatable bonds is 3. The molecule has 1 aliphatic heterocycles. The van der Waals surface area contributed by atoms with E-state index in [2.05, 4.69) is 12.2 Å². The third-order valence-corrected chi connectivity index (χ3v) is 3.96. The zero-order chi connectivity index (χ0) is 12.3. The molecule has 1 N–H and O–H groups in total. The topological polar surface area (TPSA) is 30.5 Å². The van der Waals surface area contributed by atoms with Crippen LogP contribution in [0.2, 0.25) is 0 Å². The molecule has 1 saturated carbocycles. The molecule has 0 bridgehead atoms. The van der Waals surface area contributed by atoms with Crippen LogP contribution in [0, 0.1) is 5.92 Å². The molecule has 1 heterocycles. The molecule has 0 aromatic carbocycles. The van der Waals surface area contributed by atoms with Crippen LogP contribution in [0.5, 0.6) is 0 Å². The highest BCUT2D eigenvalue weighted by molar-refractivity contribution is 4.78. The van der Waals surface area contributed by atoms with Crippen molar-refractivity contribution in [2.75, 3.05) is 13.2 Å². The predicted octanol–water partition coefficient (Wildman–Crippen LogP) is 2.70. The highest BCUT2D eigenvalue weighted by atomic mass is 16.7. The van der Waals surface area contributed by atoms with Crippen molar-refractivity contribution in [1.29, 1.82) is 0 Å². The number of ether oxygens (including phenoxy) is 2. The molecule has 3 atom stereocenters. The molecule has 2 fully saturated rings. The lowest BCUT2D eigenvalue weighted by Crippen LogP contribution is -2.37. The lowest BCUT2D eigenvalue weighted by molar-refractivity contribution is -0.137. The molecule has 2 rings (SSSR count). The standard InChI is InChI=1S/C14H27NO2/c1-11-5-4-6-12(8-7-11)15-9-13-10-16-14(2,3)17-13/h11-13,15H,4-10H2,1-3H3. The fourth-order valence-electron chi connectivity index (χ4n) is 2.85. The second-order valence-electron chi connectivity index (χ2n) is 6.17. The third-order valence-electron chi connectivity index (χ3n) is 3.96. The van der Waals surface area contributed by atoms with E-state index in [9.17, 15) is 0 Å². The van der Waals surface area contributed by atoms with Crippen molar-refractivity contribution < 1.29 is 9.47 Å². The lowest BCUT2D eigenvalue weighted by Gasteiger charge is -2.20. The van der Waals surface area contributed by atoms with Crippen LogP contribution in [0.1, 0.15) is 52.9 Å². The van der Waals surface area contributed by atoms with Gasteiger partial charge in [-0.1, -0.05) is 19.8 Å². The van der Waals surface area contributed by atoms with Crippen molar-refractivity contribution in [3.05, 3.63) is 0 Å². The van der Waals surface area contributed by atoms with Crippen LogP contribution in [0.4, 0.5) is 0 Å². The number of nitrogens with one attached hydrogen (secondary N) is 1. The van der Waals surface area contributed by atoms with Crippen molar-refractivity contribution >= 4 is 0 Å². The Balaban J connectivity index is 1.68. The highest BCUT2D eigenvalue weighted by Crippen LogP contribution is 2.24. The fourth-order valence-corrected chi connectivity index (χ4v) is 2.85. The molecule has 1 saturated heterocycles. The van der Waals surface area contributed by atoms with Crippen LogP contribution in [0.3, 0.4) is 0 Å². The summed E-state index contributed by atoms with van der Waals surface area (Å²) in [5.74, 6) is 0.524. The minimum absolute atomic E-state index is 0.227. The van der Waals surface area contributed by atoms with E-state index in [1.54, 1.807) is 0 Å². The van der Waals surface area contributed by atoms with E-state index in [4.69, 9.17) is 9.47 Å². The second-order valence-corrected chi connectivity index (χ2v) is 6.17. The third kappa shape index (κ3) is 4.23. The molecule has 0 radical (unpaired) electrons. The molecule has 0 amide bonds. The van der Waals surface area contributed by atoms with Gasteiger partial charge in [0.05, 0.1) is 12.7 Å². The van der Waals surface area contributed by atoms with Crippen LogP contribution in [0.25, 0.3) is 0 Å². The average Bonchev–Trinajstić information content (AvgIpc) is 2.48. The first-order valence-electron chi connectivity index (χ1n) is 7.10. The fraction of sp³-hybridized carbons (Fsp3) is 1.00. The molecule has 0 spiro atoms. The van der Waals surface area contributed by atoms with E-state index in [0.717, 1.165) is 19.1 Å². The Morgan fingerprint density at radius 1 is 1.18 bits per heavy atom. The maximum absolute atomic E-state index is 5.81. The van der Waals surface area contributed by atoms with Crippen LogP contribution in [-0.2, 0) is 9.47 Å². The normalized spacial score (nSPS) is 37.9. The van der Waals surface area contributed by atoms with Crippen molar-refractivity contribution in [3.63, 3.8) is 0 Å². The Morgan fingerprint density at radius 2 is 2.00 bits per heavy atom. The number of hydrogen-bond donors (Lipinski definition) is 1. The van der Waals surface area contributed by atoms with Crippen molar-refractivity contribution in [3.8, 4) is 0 Å². The minimum Gasteiger partial charge on any atom is -0.348 e. The van der Waals surface area contributed by atoms with Gasteiger partial charge in [0.2, 0.25) is 0 Å². The summed E-state index contributed by atoms with van der Waals surface area (Å²) < 4.78 is 11.4. The molecule has 0 aromatic heterocycles. The van der Waals surface area contributed by atoms with Gasteiger partial charge in [-0.3, -0.25) is 0 Å². The van der Waals surface area contributed by atoms with Crippen LogP contribution >= 0.6 is 0 Å². The lowest BCUT2D eigenvalue weighted by atomic mass is 10.0. The molecule has 2 aliphatic rings. The molecule has 17 heavy (non-hydrogen) atoms. The molecule has 3 nitrogen and oxygen atoms in total. The molecule has 3 heteroatoms. The molecule has 3 unspecified atom stereocenters. The van der Waals surface area contributed by atoms with Gasteiger partial charge in [-0.25, -0.2) is 0 Å². The Hall–Kier alpha value is -0.120. The van der Waals surface area contributed by atoms with Gasteiger partial charge in [0.1, 0.15) is 0 Å². The van der Waals surface area contributed by atoms with E-state index in [1.165, 1.54) is 32.1 Å². The van der Waals surface area contributed by atoms with Crippen molar-refractivity contribution in [1.82, 2.24) is 5.32 Å². The summed E-state index contributed by atoms with van der Waals surface area (Å²) in [6, 6.07) is 0.687. The van der Waals surface area contributed by atoms with Gasteiger partial charge >= 0.3 is 0 Å². The maximum Gasteiger partial charge on any atom is 0.163 e. The zero-order valence-electron chi connectivity index (χ0n) is 11.5. The van der Waals surface area contributed by atoms with Crippen LogP contribution < -0.4 is 5.32 Å². The van der Waals surface area contributed by atoms with Gasteiger partial charge in [-0.2, -0.15) is 0 Å². The average molecular weight is 241 g/mol. The Morgan fingerprint density at radius 3 is 2.71 bits per heavy atom. The Kier molecular flexibility index (Phi) is 4.45. The monoisotopic (exact) mass is 241 g/mol. The van der Waals surface area contributed by atoms with Crippen molar-refractivity contribution in [2.45, 2.75) is 70.8 Å². The Labute approximate surface area is 105 Å². The van der Waals surface area contributed by atoms with Crippen LogP contribution in [0.15, 0.2) is 0 Å². The molecular formula is C14H27NO2. The van der Waals surface area contributed by atoms with Crippen LogP contribution in [-0.4, -0.2) is 31.1 Å². The maximum atomic E-state index is 5.81. The van der Waals surface area contributed by atoms with E-state index in [1.807, 2.05) is 13.8 Å². The van der Waals surface area contributed by atoms with E-state index < -0.39 is 0 Å². The van der Waals surface area contributed by atoms with E-state index >= 15 is 0 Å².